The maximum Gasteiger partial charge on any atom is 0.435 e. The molecule has 1 aromatic rings. The minimum Gasteiger partial charge on any atom is -0.324 e. The summed E-state index contributed by atoms with van der Waals surface area (Å²) in [6.07, 6.45) is -3.14. The van der Waals surface area contributed by atoms with E-state index in [9.17, 15) is 13.2 Å². The third-order valence-corrected chi connectivity index (χ3v) is 1.62. The van der Waals surface area contributed by atoms with Crippen molar-refractivity contribution in [2.75, 3.05) is 0 Å². The standard InChI is InChI=1S/C7H10F3N3/c1-4(11)5-3-13(2)12-6(5)7(8,9)10/h3-4H,11H2,1-2H3/t4-/m1/s1. The van der Waals surface area contributed by atoms with Crippen LogP contribution in [0.1, 0.15) is 24.2 Å². The van der Waals surface area contributed by atoms with E-state index in [1.165, 1.54) is 20.2 Å². The van der Waals surface area contributed by atoms with Crippen molar-refractivity contribution in [1.29, 1.82) is 0 Å². The second-order valence-corrected chi connectivity index (χ2v) is 2.89. The molecule has 74 valence electrons. The highest BCUT2D eigenvalue weighted by Gasteiger charge is 2.37. The monoisotopic (exact) mass is 193 g/mol. The summed E-state index contributed by atoms with van der Waals surface area (Å²) in [6.45, 7) is 1.49. The summed E-state index contributed by atoms with van der Waals surface area (Å²) >= 11 is 0. The van der Waals surface area contributed by atoms with Crippen molar-refractivity contribution >= 4 is 0 Å². The molecule has 13 heavy (non-hydrogen) atoms. The van der Waals surface area contributed by atoms with Crippen molar-refractivity contribution in [3.05, 3.63) is 17.5 Å². The van der Waals surface area contributed by atoms with Gasteiger partial charge in [0.15, 0.2) is 5.69 Å². The molecular formula is C7H10F3N3. The zero-order valence-corrected chi connectivity index (χ0v) is 7.26. The van der Waals surface area contributed by atoms with Crippen molar-refractivity contribution in [1.82, 2.24) is 9.78 Å². The van der Waals surface area contributed by atoms with E-state index in [2.05, 4.69) is 5.10 Å². The van der Waals surface area contributed by atoms with Crippen LogP contribution in [0.5, 0.6) is 0 Å². The average Bonchev–Trinajstić information content (AvgIpc) is 2.29. The normalized spacial score (nSPS) is 14.6. The lowest BCUT2D eigenvalue weighted by atomic mass is 10.1. The van der Waals surface area contributed by atoms with E-state index in [4.69, 9.17) is 5.73 Å². The van der Waals surface area contributed by atoms with Crippen LogP contribution in [0.2, 0.25) is 0 Å². The third kappa shape index (κ3) is 2.00. The SMILES string of the molecule is C[C@@H](N)c1cn(C)nc1C(F)(F)F. The maximum atomic E-state index is 12.3. The number of hydrogen-bond acceptors (Lipinski definition) is 2. The fourth-order valence-corrected chi connectivity index (χ4v) is 1.06. The number of nitrogens with two attached hydrogens (primary N) is 1. The molecule has 0 radical (unpaired) electrons. The first-order chi connectivity index (χ1) is 5.82. The van der Waals surface area contributed by atoms with Crippen LogP contribution in [0.25, 0.3) is 0 Å². The van der Waals surface area contributed by atoms with Crippen molar-refractivity contribution in [2.45, 2.75) is 19.1 Å². The van der Waals surface area contributed by atoms with Gasteiger partial charge < -0.3 is 5.73 Å². The molecule has 3 nitrogen and oxygen atoms in total. The van der Waals surface area contributed by atoms with E-state index in [1.54, 1.807) is 0 Å². The Morgan fingerprint density at radius 3 is 2.38 bits per heavy atom. The Labute approximate surface area is 73.3 Å². The Hall–Kier alpha value is -1.04. The number of aryl methyl sites for hydroxylation is 1. The van der Waals surface area contributed by atoms with Gasteiger partial charge in [0.05, 0.1) is 0 Å². The quantitative estimate of drug-likeness (QED) is 0.733. The van der Waals surface area contributed by atoms with Crippen LogP contribution in [-0.2, 0) is 13.2 Å². The van der Waals surface area contributed by atoms with Gasteiger partial charge in [0.25, 0.3) is 0 Å². The molecular weight excluding hydrogens is 183 g/mol. The molecule has 0 aromatic carbocycles. The van der Waals surface area contributed by atoms with Crippen LogP contribution < -0.4 is 5.73 Å². The molecule has 0 saturated carbocycles. The number of halogens is 3. The number of nitrogens with zero attached hydrogens (tertiary/aromatic N) is 2. The van der Waals surface area contributed by atoms with Crippen LogP contribution in [0.4, 0.5) is 13.2 Å². The maximum absolute atomic E-state index is 12.3. The fourth-order valence-electron chi connectivity index (χ4n) is 1.06. The molecule has 1 rings (SSSR count). The molecule has 0 bridgehead atoms. The van der Waals surface area contributed by atoms with Crippen molar-refractivity contribution in [3.63, 3.8) is 0 Å². The van der Waals surface area contributed by atoms with Crippen molar-refractivity contribution < 1.29 is 13.2 Å². The van der Waals surface area contributed by atoms with Gasteiger partial charge in [-0.3, -0.25) is 4.68 Å². The van der Waals surface area contributed by atoms with Crippen LogP contribution >= 0.6 is 0 Å². The Morgan fingerprint density at radius 1 is 1.54 bits per heavy atom. The van der Waals surface area contributed by atoms with Gasteiger partial charge in [0.1, 0.15) is 0 Å². The Balaban J connectivity index is 3.20. The van der Waals surface area contributed by atoms with E-state index in [0.29, 0.717) is 0 Å². The van der Waals surface area contributed by atoms with E-state index in [-0.39, 0.29) is 5.56 Å². The van der Waals surface area contributed by atoms with Gasteiger partial charge in [-0.1, -0.05) is 0 Å². The summed E-state index contributed by atoms with van der Waals surface area (Å²) in [4.78, 5) is 0. The van der Waals surface area contributed by atoms with Gasteiger partial charge in [0, 0.05) is 24.8 Å². The van der Waals surface area contributed by atoms with E-state index in [1.807, 2.05) is 0 Å². The second kappa shape index (κ2) is 3.02. The van der Waals surface area contributed by atoms with Gasteiger partial charge >= 0.3 is 6.18 Å². The Kier molecular flexibility index (Phi) is 2.34. The van der Waals surface area contributed by atoms with Gasteiger partial charge in [-0.15, -0.1) is 0 Å². The van der Waals surface area contributed by atoms with E-state index in [0.717, 1.165) is 4.68 Å². The predicted molar refractivity (Wildman–Crippen MR) is 40.8 cm³/mol. The van der Waals surface area contributed by atoms with Gasteiger partial charge in [-0.25, -0.2) is 0 Å². The minimum atomic E-state index is -4.43. The van der Waals surface area contributed by atoms with Crippen LogP contribution in [0.3, 0.4) is 0 Å². The van der Waals surface area contributed by atoms with Gasteiger partial charge in [0.2, 0.25) is 0 Å². The molecule has 0 aliphatic rings. The summed E-state index contributed by atoms with van der Waals surface area (Å²) in [7, 11) is 1.43. The van der Waals surface area contributed by atoms with Crippen molar-refractivity contribution in [2.24, 2.45) is 12.8 Å². The largest absolute Gasteiger partial charge is 0.435 e. The zero-order chi connectivity index (χ0) is 10.2. The number of alkyl halides is 3. The highest BCUT2D eigenvalue weighted by Crippen LogP contribution is 2.32. The van der Waals surface area contributed by atoms with Gasteiger partial charge in [-0.05, 0) is 6.92 Å². The van der Waals surface area contributed by atoms with Gasteiger partial charge in [-0.2, -0.15) is 18.3 Å². The lowest BCUT2D eigenvalue weighted by Gasteiger charge is -2.07. The Morgan fingerprint density at radius 2 is 2.08 bits per heavy atom. The van der Waals surface area contributed by atoms with Crippen LogP contribution in [-0.4, -0.2) is 9.78 Å². The summed E-state index contributed by atoms with van der Waals surface area (Å²) in [5.74, 6) is 0. The smallest absolute Gasteiger partial charge is 0.324 e. The number of hydrogen-bond donors (Lipinski definition) is 1. The number of rotatable bonds is 1. The summed E-state index contributed by atoms with van der Waals surface area (Å²) < 4.78 is 38.0. The highest BCUT2D eigenvalue weighted by atomic mass is 19.4. The molecule has 1 atom stereocenters. The molecule has 2 N–H and O–H groups in total. The summed E-state index contributed by atoms with van der Waals surface area (Å²) in [6, 6.07) is -0.662. The molecule has 0 aliphatic carbocycles. The lowest BCUT2D eigenvalue weighted by Crippen LogP contribution is -2.14. The Bertz CT molecular complexity index is 300. The molecule has 0 fully saturated rings. The first kappa shape index (κ1) is 10.0. The van der Waals surface area contributed by atoms with Crippen LogP contribution in [0.15, 0.2) is 6.20 Å². The molecule has 6 heteroatoms. The van der Waals surface area contributed by atoms with E-state index >= 15 is 0 Å². The fraction of sp³-hybridized carbons (Fsp3) is 0.571. The summed E-state index contributed by atoms with van der Waals surface area (Å²) in [5.41, 5.74) is 4.50. The van der Waals surface area contributed by atoms with Crippen molar-refractivity contribution in [3.8, 4) is 0 Å². The molecule has 0 saturated heterocycles. The zero-order valence-electron chi connectivity index (χ0n) is 7.26. The minimum absolute atomic E-state index is 0.0231. The first-order valence-electron chi connectivity index (χ1n) is 3.68. The number of aromatic nitrogens is 2. The topological polar surface area (TPSA) is 43.8 Å². The molecule has 0 spiro atoms. The van der Waals surface area contributed by atoms with Crippen LogP contribution in [0, 0.1) is 0 Å². The molecule has 1 aromatic heterocycles. The van der Waals surface area contributed by atoms with E-state index < -0.39 is 17.9 Å². The third-order valence-electron chi connectivity index (χ3n) is 1.62. The molecule has 0 amide bonds. The first-order valence-corrected chi connectivity index (χ1v) is 3.68. The lowest BCUT2D eigenvalue weighted by molar-refractivity contribution is -0.142. The highest BCUT2D eigenvalue weighted by molar-refractivity contribution is 5.22. The average molecular weight is 193 g/mol. The molecule has 0 aliphatic heterocycles. The molecule has 1 heterocycles. The second-order valence-electron chi connectivity index (χ2n) is 2.89. The molecule has 0 unspecified atom stereocenters. The summed E-state index contributed by atoms with van der Waals surface area (Å²) in [5, 5.41) is 3.31. The predicted octanol–water partition coefficient (Wildman–Crippen LogP) is 1.46.